The molecule has 1 heterocycles. The normalized spacial score (nSPS) is 9.64. The van der Waals surface area contributed by atoms with E-state index in [9.17, 15) is 0 Å². The van der Waals surface area contributed by atoms with Crippen molar-refractivity contribution in [2.75, 3.05) is 5.73 Å². The van der Waals surface area contributed by atoms with Gasteiger partial charge in [0.25, 0.3) is 0 Å². The summed E-state index contributed by atoms with van der Waals surface area (Å²) in [6.45, 7) is 0. The highest BCUT2D eigenvalue weighted by Crippen LogP contribution is 2.28. The smallest absolute Gasteiger partial charge is 0.0999 e. The van der Waals surface area contributed by atoms with Crippen LogP contribution in [0.1, 0.15) is 5.56 Å². The van der Waals surface area contributed by atoms with Gasteiger partial charge in [0.1, 0.15) is 0 Å². The standard InChI is InChI=1S/C11H8N2S/c12-7-8-6-9(13)3-4-10(8)11-2-1-5-14-11/h1-6H,13H2. The molecule has 2 N–H and O–H groups in total. The lowest BCUT2D eigenvalue weighted by Crippen LogP contribution is -1.87. The maximum Gasteiger partial charge on any atom is 0.0999 e. The topological polar surface area (TPSA) is 49.8 Å². The average molecular weight is 200 g/mol. The van der Waals surface area contributed by atoms with Crippen LogP contribution in [0.15, 0.2) is 35.7 Å². The number of hydrogen-bond donors (Lipinski definition) is 1. The van der Waals surface area contributed by atoms with Gasteiger partial charge in [0.2, 0.25) is 0 Å². The summed E-state index contributed by atoms with van der Waals surface area (Å²) < 4.78 is 0. The van der Waals surface area contributed by atoms with Gasteiger partial charge in [-0.3, -0.25) is 0 Å². The van der Waals surface area contributed by atoms with Crippen molar-refractivity contribution in [3.63, 3.8) is 0 Å². The first-order chi connectivity index (χ1) is 6.81. The molecule has 1 aromatic heterocycles. The lowest BCUT2D eigenvalue weighted by atomic mass is 10.1. The monoisotopic (exact) mass is 200 g/mol. The van der Waals surface area contributed by atoms with Crippen molar-refractivity contribution in [2.24, 2.45) is 0 Å². The van der Waals surface area contributed by atoms with Crippen molar-refractivity contribution in [3.8, 4) is 16.5 Å². The van der Waals surface area contributed by atoms with E-state index in [1.165, 1.54) is 0 Å². The van der Waals surface area contributed by atoms with Crippen LogP contribution in [0.3, 0.4) is 0 Å². The van der Waals surface area contributed by atoms with E-state index in [2.05, 4.69) is 6.07 Å². The zero-order valence-electron chi connectivity index (χ0n) is 7.40. The van der Waals surface area contributed by atoms with E-state index in [1.807, 2.05) is 29.6 Å². The quantitative estimate of drug-likeness (QED) is 0.719. The van der Waals surface area contributed by atoms with Gasteiger partial charge in [-0.05, 0) is 23.6 Å². The number of benzene rings is 1. The molecule has 0 aliphatic rings. The van der Waals surface area contributed by atoms with Gasteiger partial charge in [0.15, 0.2) is 0 Å². The fourth-order valence-electron chi connectivity index (χ4n) is 1.30. The number of thiophene rings is 1. The number of anilines is 1. The SMILES string of the molecule is N#Cc1cc(N)ccc1-c1cccs1. The summed E-state index contributed by atoms with van der Waals surface area (Å²) in [7, 11) is 0. The molecule has 0 saturated carbocycles. The maximum atomic E-state index is 8.94. The van der Waals surface area contributed by atoms with Crippen LogP contribution in [0.5, 0.6) is 0 Å². The van der Waals surface area contributed by atoms with E-state index in [0.717, 1.165) is 10.4 Å². The zero-order valence-corrected chi connectivity index (χ0v) is 8.21. The van der Waals surface area contributed by atoms with Crippen molar-refractivity contribution >= 4 is 17.0 Å². The molecule has 3 heteroatoms. The molecule has 0 saturated heterocycles. The van der Waals surface area contributed by atoms with Crippen LogP contribution in [-0.4, -0.2) is 0 Å². The van der Waals surface area contributed by atoms with Crippen LogP contribution >= 0.6 is 11.3 Å². The van der Waals surface area contributed by atoms with Gasteiger partial charge < -0.3 is 5.73 Å². The molecule has 0 amide bonds. The molecule has 14 heavy (non-hydrogen) atoms. The Morgan fingerprint density at radius 1 is 1.29 bits per heavy atom. The minimum absolute atomic E-state index is 0.627. The molecule has 0 bridgehead atoms. The summed E-state index contributed by atoms with van der Waals surface area (Å²) in [4.78, 5) is 1.10. The number of nitrogens with two attached hydrogens (primary N) is 1. The molecule has 0 radical (unpaired) electrons. The lowest BCUT2D eigenvalue weighted by molar-refractivity contribution is 1.49. The molecule has 0 fully saturated rings. The van der Waals surface area contributed by atoms with Crippen LogP contribution in [0, 0.1) is 11.3 Å². The van der Waals surface area contributed by atoms with E-state index < -0.39 is 0 Å². The Morgan fingerprint density at radius 3 is 2.79 bits per heavy atom. The number of nitriles is 1. The molecule has 0 aliphatic heterocycles. The third kappa shape index (κ3) is 1.48. The average Bonchev–Trinajstić information content (AvgIpc) is 2.70. The summed E-state index contributed by atoms with van der Waals surface area (Å²) >= 11 is 1.62. The molecule has 68 valence electrons. The van der Waals surface area contributed by atoms with E-state index in [1.54, 1.807) is 17.4 Å². The second-order valence-corrected chi connectivity index (χ2v) is 3.84. The van der Waals surface area contributed by atoms with Gasteiger partial charge >= 0.3 is 0 Å². The van der Waals surface area contributed by atoms with Gasteiger partial charge in [-0.15, -0.1) is 11.3 Å². The van der Waals surface area contributed by atoms with Gasteiger partial charge in [-0.1, -0.05) is 12.1 Å². The van der Waals surface area contributed by atoms with E-state index in [0.29, 0.717) is 11.3 Å². The highest BCUT2D eigenvalue weighted by molar-refractivity contribution is 7.13. The zero-order chi connectivity index (χ0) is 9.97. The summed E-state index contributed by atoms with van der Waals surface area (Å²) in [5.41, 5.74) is 7.82. The Morgan fingerprint density at radius 2 is 2.14 bits per heavy atom. The van der Waals surface area contributed by atoms with E-state index in [4.69, 9.17) is 11.0 Å². The van der Waals surface area contributed by atoms with Gasteiger partial charge in [0, 0.05) is 16.1 Å². The number of hydrogen-bond acceptors (Lipinski definition) is 3. The van der Waals surface area contributed by atoms with Crippen molar-refractivity contribution in [3.05, 3.63) is 41.3 Å². The second kappa shape index (κ2) is 3.52. The Hall–Kier alpha value is -1.79. The summed E-state index contributed by atoms with van der Waals surface area (Å²) in [6.07, 6.45) is 0. The molecule has 2 rings (SSSR count). The molecule has 2 nitrogen and oxygen atoms in total. The first-order valence-electron chi connectivity index (χ1n) is 4.15. The summed E-state index contributed by atoms with van der Waals surface area (Å²) in [5.74, 6) is 0. The minimum atomic E-state index is 0.627. The van der Waals surface area contributed by atoms with Crippen molar-refractivity contribution in [1.29, 1.82) is 5.26 Å². The van der Waals surface area contributed by atoms with Crippen molar-refractivity contribution in [1.82, 2.24) is 0 Å². The van der Waals surface area contributed by atoms with Gasteiger partial charge in [-0.2, -0.15) is 5.26 Å². The van der Waals surface area contributed by atoms with E-state index >= 15 is 0 Å². The highest BCUT2D eigenvalue weighted by atomic mass is 32.1. The molecular weight excluding hydrogens is 192 g/mol. The van der Waals surface area contributed by atoms with Gasteiger partial charge in [-0.25, -0.2) is 0 Å². The highest BCUT2D eigenvalue weighted by Gasteiger charge is 2.05. The van der Waals surface area contributed by atoms with E-state index in [-0.39, 0.29) is 0 Å². The molecule has 1 aromatic carbocycles. The minimum Gasteiger partial charge on any atom is -0.399 e. The lowest BCUT2D eigenvalue weighted by Gasteiger charge is -2.01. The molecule has 0 unspecified atom stereocenters. The van der Waals surface area contributed by atoms with Gasteiger partial charge in [0.05, 0.1) is 11.6 Å². The number of nitrogens with zero attached hydrogens (tertiary/aromatic N) is 1. The third-order valence-corrected chi connectivity index (χ3v) is 2.85. The largest absolute Gasteiger partial charge is 0.399 e. The van der Waals surface area contributed by atoms with Crippen LogP contribution < -0.4 is 5.73 Å². The fraction of sp³-hybridized carbons (Fsp3) is 0. The van der Waals surface area contributed by atoms with Crippen LogP contribution in [-0.2, 0) is 0 Å². The van der Waals surface area contributed by atoms with Crippen LogP contribution in [0.4, 0.5) is 5.69 Å². The predicted molar refractivity (Wildman–Crippen MR) is 58.9 cm³/mol. The first kappa shape index (κ1) is 8.79. The van der Waals surface area contributed by atoms with Crippen molar-refractivity contribution < 1.29 is 0 Å². The predicted octanol–water partition coefficient (Wildman–Crippen LogP) is 2.87. The molecular formula is C11H8N2S. The number of nitrogen functional groups attached to an aromatic ring is 1. The molecule has 0 aliphatic carbocycles. The van der Waals surface area contributed by atoms with Crippen LogP contribution in [0.2, 0.25) is 0 Å². The fourth-order valence-corrected chi connectivity index (χ4v) is 2.07. The second-order valence-electron chi connectivity index (χ2n) is 2.89. The molecule has 0 atom stereocenters. The molecule has 0 spiro atoms. The summed E-state index contributed by atoms with van der Waals surface area (Å²) in [5, 5.41) is 10.9. The Bertz CT molecular complexity index is 480. The Balaban J connectivity index is 2.60. The Kier molecular flexibility index (Phi) is 2.21. The number of rotatable bonds is 1. The summed E-state index contributed by atoms with van der Waals surface area (Å²) in [6, 6.07) is 11.5. The Labute approximate surface area is 86.2 Å². The first-order valence-corrected chi connectivity index (χ1v) is 5.03. The molecule has 2 aromatic rings. The maximum absolute atomic E-state index is 8.94. The van der Waals surface area contributed by atoms with Crippen molar-refractivity contribution in [2.45, 2.75) is 0 Å². The third-order valence-electron chi connectivity index (χ3n) is 1.95. The van der Waals surface area contributed by atoms with Crippen LogP contribution in [0.25, 0.3) is 10.4 Å².